The molecule has 1 unspecified atom stereocenters. The van der Waals surface area contributed by atoms with E-state index >= 15 is 0 Å². The van der Waals surface area contributed by atoms with E-state index in [0.29, 0.717) is 0 Å². The van der Waals surface area contributed by atoms with Crippen LogP contribution < -0.4 is 10.2 Å². The van der Waals surface area contributed by atoms with Gasteiger partial charge >= 0.3 is 0 Å². The van der Waals surface area contributed by atoms with Gasteiger partial charge in [-0.25, -0.2) is 9.97 Å². The van der Waals surface area contributed by atoms with E-state index in [2.05, 4.69) is 38.1 Å². The second-order valence-electron chi connectivity index (χ2n) is 5.07. The van der Waals surface area contributed by atoms with Crippen molar-refractivity contribution in [2.75, 3.05) is 42.9 Å². The molecule has 0 aliphatic carbocycles. The van der Waals surface area contributed by atoms with E-state index in [1.165, 1.54) is 25.9 Å². The molecule has 0 radical (unpaired) electrons. The summed E-state index contributed by atoms with van der Waals surface area (Å²) in [5, 5.41) is 3.25. The Kier molecular flexibility index (Phi) is 3.32. The third-order valence-electron chi connectivity index (χ3n) is 3.92. The second-order valence-corrected chi connectivity index (χ2v) is 5.07. The van der Waals surface area contributed by atoms with Gasteiger partial charge in [0.05, 0.1) is 0 Å². The maximum atomic E-state index is 4.42. The number of aromatic nitrogens is 2. The number of hydrogen-bond donors (Lipinski definition) is 1. The van der Waals surface area contributed by atoms with Crippen LogP contribution in [0.1, 0.15) is 19.8 Å². The topological polar surface area (TPSA) is 44.3 Å². The fourth-order valence-electron chi connectivity index (χ4n) is 3.00. The summed E-state index contributed by atoms with van der Waals surface area (Å²) in [7, 11) is 0. The van der Waals surface area contributed by atoms with Gasteiger partial charge in [0.15, 0.2) is 0 Å². The number of fused-ring (bicyclic) bond motifs is 1. The molecule has 5 nitrogen and oxygen atoms in total. The lowest BCUT2D eigenvalue weighted by Gasteiger charge is -2.38. The number of piperazine rings is 1. The molecule has 1 N–H and O–H groups in total. The van der Waals surface area contributed by atoms with Crippen molar-refractivity contribution < 1.29 is 0 Å². The molecule has 1 atom stereocenters. The van der Waals surface area contributed by atoms with Crippen LogP contribution in [-0.4, -0.2) is 53.6 Å². The molecule has 5 heteroatoms. The lowest BCUT2D eigenvalue weighted by Crippen LogP contribution is -2.50. The molecule has 1 aromatic rings. The molecule has 2 saturated heterocycles. The monoisotopic (exact) mass is 247 g/mol. The zero-order valence-corrected chi connectivity index (χ0v) is 11.0. The summed E-state index contributed by atoms with van der Waals surface area (Å²) in [5.74, 6) is 1.99. The van der Waals surface area contributed by atoms with Gasteiger partial charge in [0.25, 0.3) is 0 Å². The first-order valence-corrected chi connectivity index (χ1v) is 6.91. The largest absolute Gasteiger partial charge is 0.370 e. The van der Waals surface area contributed by atoms with Crippen molar-refractivity contribution in [3.8, 4) is 0 Å². The van der Waals surface area contributed by atoms with Crippen molar-refractivity contribution in [3.05, 3.63) is 12.4 Å². The van der Waals surface area contributed by atoms with Crippen LogP contribution in [0, 0.1) is 0 Å². The van der Waals surface area contributed by atoms with Crippen LogP contribution >= 0.6 is 0 Å². The summed E-state index contributed by atoms with van der Waals surface area (Å²) < 4.78 is 0. The van der Waals surface area contributed by atoms with Gasteiger partial charge in [0.1, 0.15) is 18.0 Å². The van der Waals surface area contributed by atoms with E-state index in [1.54, 1.807) is 6.33 Å². The lowest BCUT2D eigenvalue weighted by molar-refractivity contribution is 0.230. The van der Waals surface area contributed by atoms with Crippen LogP contribution in [0.2, 0.25) is 0 Å². The number of hydrogen-bond acceptors (Lipinski definition) is 5. The standard InChI is InChI=1S/C13H21N5/c1-2-14-12-8-13(16-10-15-12)18-7-6-17-5-3-4-11(17)9-18/h8,10-11H,2-7,9H2,1H3,(H,14,15,16). The van der Waals surface area contributed by atoms with E-state index in [1.807, 2.05) is 0 Å². The fraction of sp³-hybridized carbons (Fsp3) is 0.692. The molecular formula is C13H21N5. The highest BCUT2D eigenvalue weighted by atomic mass is 15.3. The van der Waals surface area contributed by atoms with Crippen LogP contribution in [0.4, 0.5) is 11.6 Å². The van der Waals surface area contributed by atoms with Crippen molar-refractivity contribution in [2.24, 2.45) is 0 Å². The van der Waals surface area contributed by atoms with E-state index in [4.69, 9.17) is 0 Å². The zero-order valence-electron chi connectivity index (χ0n) is 11.0. The van der Waals surface area contributed by atoms with Crippen molar-refractivity contribution in [1.29, 1.82) is 0 Å². The average Bonchev–Trinajstić information content (AvgIpc) is 2.86. The minimum Gasteiger partial charge on any atom is -0.370 e. The summed E-state index contributed by atoms with van der Waals surface area (Å²) in [6.07, 6.45) is 4.35. The quantitative estimate of drug-likeness (QED) is 0.869. The molecule has 0 amide bonds. The van der Waals surface area contributed by atoms with Crippen LogP contribution in [0.15, 0.2) is 12.4 Å². The molecule has 18 heavy (non-hydrogen) atoms. The van der Waals surface area contributed by atoms with Crippen molar-refractivity contribution >= 4 is 11.6 Å². The summed E-state index contributed by atoms with van der Waals surface area (Å²) in [6.45, 7) is 7.63. The van der Waals surface area contributed by atoms with E-state index in [0.717, 1.165) is 37.3 Å². The molecule has 0 aromatic carbocycles. The third kappa shape index (κ3) is 2.27. The van der Waals surface area contributed by atoms with Gasteiger partial charge in [-0.05, 0) is 26.3 Å². The van der Waals surface area contributed by atoms with Crippen molar-refractivity contribution in [3.63, 3.8) is 0 Å². The molecule has 2 aliphatic rings. The smallest absolute Gasteiger partial charge is 0.134 e. The third-order valence-corrected chi connectivity index (χ3v) is 3.92. The molecule has 3 heterocycles. The molecule has 2 fully saturated rings. The highest BCUT2D eigenvalue weighted by Crippen LogP contribution is 2.24. The van der Waals surface area contributed by atoms with E-state index in [9.17, 15) is 0 Å². The molecule has 0 spiro atoms. The van der Waals surface area contributed by atoms with Gasteiger partial charge in [0.2, 0.25) is 0 Å². The summed E-state index contributed by atoms with van der Waals surface area (Å²) in [6, 6.07) is 2.80. The summed E-state index contributed by atoms with van der Waals surface area (Å²) in [4.78, 5) is 13.7. The average molecular weight is 247 g/mol. The second kappa shape index (κ2) is 5.10. The minimum absolute atomic E-state index is 0.733. The van der Waals surface area contributed by atoms with Crippen molar-refractivity contribution in [2.45, 2.75) is 25.8 Å². The summed E-state index contributed by atoms with van der Waals surface area (Å²) in [5.41, 5.74) is 0. The Morgan fingerprint density at radius 1 is 1.33 bits per heavy atom. The minimum atomic E-state index is 0.733. The first-order valence-electron chi connectivity index (χ1n) is 6.91. The lowest BCUT2D eigenvalue weighted by atomic mass is 10.1. The highest BCUT2D eigenvalue weighted by Gasteiger charge is 2.30. The molecule has 0 bridgehead atoms. The maximum Gasteiger partial charge on any atom is 0.134 e. The Morgan fingerprint density at radius 2 is 2.28 bits per heavy atom. The molecular weight excluding hydrogens is 226 g/mol. The van der Waals surface area contributed by atoms with Crippen LogP contribution in [0.5, 0.6) is 0 Å². The van der Waals surface area contributed by atoms with Gasteiger partial charge in [-0.15, -0.1) is 0 Å². The van der Waals surface area contributed by atoms with Crippen molar-refractivity contribution in [1.82, 2.24) is 14.9 Å². The predicted molar refractivity (Wildman–Crippen MR) is 73.0 cm³/mol. The SMILES string of the molecule is CCNc1cc(N2CCN3CCCC3C2)ncn1. The summed E-state index contributed by atoms with van der Waals surface area (Å²) >= 11 is 0. The van der Waals surface area contributed by atoms with E-state index in [-0.39, 0.29) is 0 Å². The molecule has 0 saturated carbocycles. The van der Waals surface area contributed by atoms with Crippen LogP contribution in [0.3, 0.4) is 0 Å². The number of rotatable bonds is 3. The molecule has 98 valence electrons. The van der Waals surface area contributed by atoms with Gasteiger partial charge in [-0.2, -0.15) is 0 Å². The number of nitrogens with one attached hydrogen (secondary N) is 1. The normalized spacial score (nSPS) is 24.1. The Bertz CT molecular complexity index is 408. The van der Waals surface area contributed by atoms with Crippen LogP contribution in [0.25, 0.3) is 0 Å². The van der Waals surface area contributed by atoms with Gasteiger partial charge in [0, 0.05) is 38.3 Å². The predicted octanol–water partition coefficient (Wildman–Crippen LogP) is 1.19. The Labute approximate surface area is 108 Å². The molecule has 1 aromatic heterocycles. The number of nitrogens with zero attached hydrogens (tertiary/aromatic N) is 4. The van der Waals surface area contributed by atoms with Crippen LogP contribution in [-0.2, 0) is 0 Å². The highest BCUT2D eigenvalue weighted by molar-refractivity contribution is 5.48. The zero-order chi connectivity index (χ0) is 12.4. The first-order chi connectivity index (χ1) is 8.86. The fourth-order valence-corrected chi connectivity index (χ4v) is 3.00. The first kappa shape index (κ1) is 11.7. The van der Waals surface area contributed by atoms with E-state index < -0.39 is 0 Å². The van der Waals surface area contributed by atoms with Gasteiger partial charge in [-0.1, -0.05) is 0 Å². The Balaban J connectivity index is 1.72. The molecule has 3 rings (SSSR count). The number of anilines is 2. The van der Waals surface area contributed by atoms with Gasteiger partial charge < -0.3 is 10.2 Å². The van der Waals surface area contributed by atoms with Gasteiger partial charge in [-0.3, -0.25) is 4.90 Å². The Morgan fingerprint density at radius 3 is 3.17 bits per heavy atom. The Hall–Kier alpha value is -1.36. The maximum absolute atomic E-state index is 4.42. The molecule has 2 aliphatic heterocycles.